The molecule has 0 saturated carbocycles. The van der Waals surface area contributed by atoms with Crippen LogP contribution in [0, 0.1) is 6.92 Å². The first-order chi connectivity index (χ1) is 9.11. The standard InChI is InChI=1S/C14H24N4O/c1-3-4-18-5-6-19-12(9-18)13(15)11-7-10(2)8-17-14(11)16/h7-8,12-13H,3-6,9,15H2,1-2H3,(H2,16,17). The van der Waals surface area contributed by atoms with Crippen LogP contribution in [0.3, 0.4) is 0 Å². The number of morpholine rings is 1. The van der Waals surface area contributed by atoms with Crippen molar-refractivity contribution >= 4 is 5.82 Å². The van der Waals surface area contributed by atoms with Crippen LogP contribution in [-0.4, -0.2) is 42.2 Å². The Hall–Kier alpha value is -1.17. The molecule has 0 aromatic carbocycles. The van der Waals surface area contributed by atoms with Crippen LogP contribution in [0.1, 0.15) is 30.5 Å². The van der Waals surface area contributed by atoms with Gasteiger partial charge in [0.1, 0.15) is 5.82 Å². The number of pyridine rings is 1. The van der Waals surface area contributed by atoms with Gasteiger partial charge in [0, 0.05) is 24.8 Å². The Bertz CT molecular complexity index is 422. The highest BCUT2D eigenvalue weighted by molar-refractivity contribution is 5.43. The van der Waals surface area contributed by atoms with Gasteiger partial charge >= 0.3 is 0 Å². The molecule has 5 nitrogen and oxygen atoms in total. The third-order valence-electron chi connectivity index (χ3n) is 3.56. The number of aryl methyl sites for hydroxylation is 1. The molecule has 106 valence electrons. The lowest BCUT2D eigenvalue weighted by Gasteiger charge is -2.35. The lowest BCUT2D eigenvalue weighted by Crippen LogP contribution is -2.47. The van der Waals surface area contributed by atoms with Gasteiger partial charge in [0.2, 0.25) is 0 Å². The summed E-state index contributed by atoms with van der Waals surface area (Å²) in [6, 6.07) is 1.79. The first-order valence-corrected chi connectivity index (χ1v) is 6.93. The van der Waals surface area contributed by atoms with E-state index in [2.05, 4.69) is 16.8 Å². The normalized spacial score (nSPS) is 22.4. The summed E-state index contributed by atoms with van der Waals surface area (Å²) in [7, 11) is 0. The SMILES string of the molecule is CCCN1CCOC(C(N)c2cc(C)cnc2N)C1. The predicted molar refractivity (Wildman–Crippen MR) is 76.8 cm³/mol. The third kappa shape index (κ3) is 3.43. The van der Waals surface area contributed by atoms with Gasteiger partial charge in [0.05, 0.1) is 18.8 Å². The van der Waals surface area contributed by atoms with Gasteiger partial charge in [0.25, 0.3) is 0 Å². The number of hydrogen-bond acceptors (Lipinski definition) is 5. The Morgan fingerprint density at radius 1 is 1.58 bits per heavy atom. The number of nitrogen functional groups attached to an aromatic ring is 1. The summed E-state index contributed by atoms with van der Waals surface area (Å²) in [6.45, 7) is 7.85. The average molecular weight is 264 g/mol. The van der Waals surface area contributed by atoms with E-state index >= 15 is 0 Å². The molecule has 1 aliphatic heterocycles. The van der Waals surface area contributed by atoms with E-state index in [1.165, 1.54) is 0 Å². The Morgan fingerprint density at radius 3 is 3.11 bits per heavy atom. The van der Waals surface area contributed by atoms with Gasteiger partial charge in [-0.3, -0.25) is 4.90 Å². The molecule has 0 amide bonds. The van der Waals surface area contributed by atoms with Crippen LogP contribution in [0.4, 0.5) is 5.82 Å². The molecule has 1 fully saturated rings. The average Bonchev–Trinajstić information content (AvgIpc) is 2.41. The molecule has 0 aliphatic carbocycles. The second kappa shape index (κ2) is 6.32. The van der Waals surface area contributed by atoms with E-state index in [-0.39, 0.29) is 12.1 Å². The Morgan fingerprint density at radius 2 is 2.37 bits per heavy atom. The smallest absolute Gasteiger partial charge is 0.128 e. The molecule has 1 aliphatic rings. The zero-order valence-electron chi connectivity index (χ0n) is 11.8. The molecule has 1 aromatic rings. The van der Waals surface area contributed by atoms with E-state index in [1.807, 2.05) is 13.0 Å². The fourth-order valence-electron chi connectivity index (χ4n) is 2.54. The minimum absolute atomic E-state index is 0.00815. The van der Waals surface area contributed by atoms with Gasteiger partial charge in [0.15, 0.2) is 0 Å². The molecule has 1 saturated heterocycles. The van der Waals surface area contributed by atoms with Crippen LogP contribution >= 0.6 is 0 Å². The summed E-state index contributed by atoms with van der Waals surface area (Å²) in [5, 5.41) is 0. The van der Waals surface area contributed by atoms with Crippen molar-refractivity contribution in [2.45, 2.75) is 32.4 Å². The van der Waals surface area contributed by atoms with Crippen molar-refractivity contribution < 1.29 is 4.74 Å². The van der Waals surface area contributed by atoms with Crippen LogP contribution in [0.25, 0.3) is 0 Å². The maximum atomic E-state index is 6.33. The van der Waals surface area contributed by atoms with Crippen molar-refractivity contribution in [3.8, 4) is 0 Å². The largest absolute Gasteiger partial charge is 0.383 e. The lowest BCUT2D eigenvalue weighted by molar-refractivity contribution is -0.0407. The monoisotopic (exact) mass is 264 g/mol. The molecule has 1 aromatic heterocycles. The van der Waals surface area contributed by atoms with E-state index in [9.17, 15) is 0 Å². The molecule has 19 heavy (non-hydrogen) atoms. The number of nitrogens with two attached hydrogens (primary N) is 2. The van der Waals surface area contributed by atoms with Crippen molar-refractivity contribution in [3.63, 3.8) is 0 Å². The third-order valence-corrected chi connectivity index (χ3v) is 3.56. The van der Waals surface area contributed by atoms with Crippen LogP contribution in [0.2, 0.25) is 0 Å². The van der Waals surface area contributed by atoms with Gasteiger partial charge in [-0.05, 0) is 31.5 Å². The zero-order valence-corrected chi connectivity index (χ0v) is 11.8. The quantitative estimate of drug-likeness (QED) is 0.851. The van der Waals surface area contributed by atoms with E-state index in [1.54, 1.807) is 6.20 Å². The summed E-state index contributed by atoms with van der Waals surface area (Å²) in [5.74, 6) is 0.509. The van der Waals surface area contributed by atoms with Crippen molar-refractivity contribution in [3.05, 3.63) is 23.4 Å². The van der Waals surface area contributed by atoms with Crippen LogP contribution < -0.4 is 11.5 Å². The highest BCUT2D eigenvalue weighted by Gasteiger charge is 2.27. The summed E-state index contributed by atoms with van der Waals surface area (Å²) in [6.07, 6.45) is 2.90. The summed E-state index contributed by atoms with van der Waals surface area (Å²) >= 11 is 0. The predicted octanol–water partition coefficient (Wildman–Crippen LogP) is 1.08. The fraction of sp³-hybridized carbons (Fsp3) is 0.643. The van der Waals surface area contributed by atoms with Crippen LogP contribution in [-0.2, 0) is 4.74 Å². The van der Waals surface area contributed by atoms with Gasteiger partial charge in [-0.2, -0.15) is 0 Å². The molecule has 0 radical (unpaired) electrons. The Balaban J connectivity index is 2.10. The van der Waals surface area contributed by atoms with Crippen LogP contribution in [0.15, 0.2) is 12.3 Å². The van der Waals surface area contributed by atoms with Gasteiger partial charge in [-0.15, -0.1) is 0 Å². The zero-order chi connectivity index (χ0) is 13.8. The van der Waals surface area contributed by atoms with E-state index < -0.39 is 0 Å². The first kappa shape index (κ1) is 14.2. The summed E-state index contributed by atoms with van der Waals surface area (Å²) < 4.78 is 5.82. The Kier molecular flexibility index (Phi) is 4.74. The number of hydrogen-bond donors (Lipinski definition) is 2. The molecule has 2 heterocycles. The van der Waals surface area contributed by atoms with Crippen molar-refractivity contribution in [1.29, 1.82) is 0 Å². The number of aromatic nitrogens is 1. The molecule has 4 N–H and O–H groups in total. The van der Waals surface area contributed by atoms with Crippen molar-refractivity contribution in [2.24, 2.45) is 5.73 Å². The highest BCUT2D eigenvalue weighted by atomic mass is 16.5. The molecule has 2 atom stereocenters. The fourth-order valence-corrected chi connectivity index (χ4v) is 2.54. The number of rotatable bonds is 4. The number of ether oxygens (including phenoxy) is 1. The lowest BCUT2D eigenvalue weighted by atomic mass is 10.00. The topological polar surface area (TPSA) is 77.4 Å². The van der Waals surface area contributed by atoms with E-state index in [4.69, 9.17) is 16.2 Å². The minimum Gasteiger partial charge on any atom is -0.383 e. The van der Waals surface area contributed by atoms with Gasteiger partial charge in [-0.1, -0.05) is 6.92 Å². The van der Waals surface area contributed by atoms with Crippen molar-refractivity contribution in [2.75, 3.05) is 32.0 Å². The summed E-state index contributed by atoms with van der Waals surface area (Å²) in [5.41, 5.74) is 14.2. The van der Waals surface area contributed by atoms with Crippen LogP contribution in [0.5, 0.6) is 0 Å². The maximum absolute atomic E-state index is 6.33. The second-order valence-electron chi connectivity index (χ2n) is 5.22. The molecule has 0 bridgehead atoms. The molecule has 5 heteroatoms. The minimum atomic E-state index is -0.216. The first-order valence-electron chi connectivity index (χ1n) is 6.93. The second-order valence-corrected chi connectivity index (χ2v) is 5.22. The molecule has 2 rings (SSSR count). The van der Waals surface area contributed by atoms with Gasteiger partial charge in [-0.25, -0.2) is 4.98 Å². The number of nitrogens with zero attached hydrogens (tertiary/aromatic N) is 2. The van der Waals surface area contributed by atoms with E-state index in [0.29, 0.717) is 5.82 Å². The molecular formula is C14H24N4O. The molecule has 0 spiro atoms. The highest BCUT2D eigenvalue weighted by Crippen LogP contribution is 2.24. The Labute approximate surface area is 114 Å². The number of anilines is 1. The maximum Gasteiger partial charge on any atom is 0.128 e. The van der Waals surface area contributed by atoms with E-state index in [0.717, 1.165) is 43.8 Å². The van der Waals surface area contributed by atoms with Gasteiger partial charge < -0.3 is 16.2 Å². The molecular weight excluding hydrogens is 240 g/mol. The molecule has 2 unspecified atom stereocenters. The van der Waals surface area contributed by atoms with Crippen molar-refractivity contribution in [1.82, 2.24) is 9.88 Å². The summed E-state index contributed by atoms with van der Waals surface area (Å²) in [4.78, 5) is 6.57.